The summed E-state index contributed by atoms with van der Waals surface area (Å²) in [6, 6.07) is 17.5. The first-order valence-electron chi connectivity index (χ1n) is 9.89. The molecule has 3 aromatic carbocycles. The first-order chi connectivity index (χ1) is 14.8. The van der Waals surface area contributed by atoms with E-state index >= 15 is 4.39 Å². The number of benzene rings is 3. The molecule has 1 aromatic heterocycles. The molecule has 0 aliphatic carbocycles. The summed E-state index contributed by atoms with van der Waals surface area (Å²) in [6.45, 7) is 4.42. The summed E-state index contributed by atoms with van der Waals surface area (Å²) in [4.78, 5) is 4.47. The van der Waals surface area contributed by atoms with Crippen LogP contribution in [0.2, 0.25) is 0 Å². The summed E-state index contributed by atoms with van der Waals surface area (Å²) >= 11 is 0. The van der Waals surface area contributed by atoms with E-state index in [0.29, 0.717) is 39.8 Å². The number of hydrogen-bond acceptors (Lipinski definition) is 2. The molecule has 0 spiro atoms. The maximum Gasteiger partial charge on any atom is 0.416 e. The van der Waals surface area contributed by atoms with E-state index in [1.54, 1.807) is 25.1 Å². The molecular weight excluding hydrogens is 404 g/mol. The molecular formula is C25H20F4N2. The van der Waals surface area contributed by atoms with Gasteiger partial charge in [0.25, 0.3) is 0 Å². The van der Waals surface area contributed by atoms with E-state index in [1.807, 2.05) is 31.2 Å². The quantitative estimate of drug-likeness (QED) is 0.344. The Morgan fingerprint density at radius 1 is 0.903 bits per heavy atom. The lowest BCUT2D eigenvalue weighted by Gasteiger charge is -2.13. The number of aromatic nitrogens is 1. The number of para-hydroxylation sites is 1. The zero-order valence-electron chi connectivity index (χ0n) is 17.0. The van der Waals surface area contributed by atoms with Crippen molar-refractivity contribution in [3.8, 4) is 22.4 Å². The molecule has 1 heterocycles. The van der Waals surface area contributed by atoms with Crippen LogP contribution < -0.4 is 5.32 Å². The Labute approximate surface area is 177 Å². The van der Waals surface area contributed by atoms with Crippen LogP contribution in [0, 0.1) is 12.7 Å². The van der Waals surface area contributed by atoms with Gasteiger partial charge in [0.2, 0.25) is 0 Å². The smallest absolute Gasteiger partial charge is 0.385 e. The average molecular weight is 424 g/mol. The van der Waals surface area contributed by atoms with Gasteiger partial charge in [-0.1, -0.05) is 30.3 Å². The minimum atomic E-state index is -4.42. The molecule has 0 saturated heterocycles. The highest BCUT2D eigenvalue weighted by Crippen LogP contribution is 2.35. The van der Waals surface area contributed by atoms with Crippen LogP contribution >= 0.6 is 0 Å². The first kappa shape index (κ1) is 20.8. The van der Waals surface area contributed by atoms with Crippen LogP contribution in [0.1, 0.15) is 18.1 Å². The third-order valence-electron chi connectivity index (χ3n) is 5.19. The minimum absolute atomic E-state index is 0.394. The second-order valence-corrected chi connectivity index (χ2v) is 7.32. The van der Waals surface area contributed by atoms with Gasteiger partial charge in [-0.15, -0.1) is 0 Å². The van der Waals surface area contributed by atoms with Crippen molar-refractivity contribution in [3.05, 3.63) is 83.7 Å². The number of aryl methyl sites for hydroxylation is 1. The fourth-order valence-corrected chi connectivity index (χ4v) is 3.67. The molecule has 0 bridgehead atoms. The van der Waals surface area contributed by atoms with Crippen LogP contribution in [0.25, 0.3) is 33.3 Å². The Bertz CT molecular complexity index is 1260. The Morgan fingerprint density at radius 2 is 1.68 bits per heavy atom. The largest absolute Gasteiger partial charge is 0.416 e. The van der Waals surface area contributed by atoms with Crippen LogP contribution in [0.15, 0.2) is 66.7 Å². The van der Waals surface area contributed by atoms with Crippen LogP contribution in [0.5, 0.6) is 0 Å². The predicted molar refractivity (Wildman–Crippen MR) is 116 cm³/mol. The van der Waals surface area contributed by atoms with E-state index in [2.05, 4.69) is 10.3 Å². The maximum absolute atomic E-state index is 15.1. The van der Waals surface area contributed by atoms with Crippen LogP contribution in [0.4, 0.5) is 23.2 Å². The van der Waals surface area contributed by atoms with Gasteiger partial charge in [-0.2, -0.15) is 13.2 Å². The Balaban J connectivity index is 1.76. The summed E-state index contributed by atoms with van der Waals surface area (Å²) in [7, 11) is 0. The number of anilines is 1. The topological polar surface area (TPSA) is 24.9 Å². The third-order valence-corrected chi connectivity index (χ3v) is 5.19. The molecule has 0 saturated carbocycles. The number of nitrogens with one attached hydrogen (secondary N) is 1. The van der Waals surface area contributed by atoms with Gasteiger partial charge in [0, 0.05) is 34.3 Å². The zero-order chi connectivity index (χ0) is 22.2. The molecule has 6 heteroatoms. The van der Waals surface area contributed by atoms with Crippen LogP contribution in [-0.4, -0.2) is 11.5 Å². The van der Waals surface area contributed by atoms with E-state index in [9.17, 15) is 13.2 Å². The Morgan fingerprint density at radius 3 is 2.39 bits per heavy atom. The normalized spacial score (nSPS) is 11.7. The van der Waals surface area contributed by atoms with Gasteiger partial charge in [-0.05, 0) is 55.8 Å². The molecule has 1 N–H and O–H groups in total. The number of halogens is 4. The van der Waals surface area contributed by atoms with Gasteiger partial charge in [0.15, 0.2) is 0 Å². The zero-order valence-corrected chi connectivity index (χ0v) is 17.0. The molecule has 158 valence electrons. The maximum atomic E-state index is 15.1. The van der Waals surface area contributed by atoms with E-state index in [0.717, 1.165) is 23.4 Å². The lowest BCUT2D eigenvalue weighted by molar-refractivity contribution is -0.137. The lowest BCUT2D eigenvalue weighted by Crippen LogP contribution is -2.04. The summed E-state index contributed by atoms with van der Waals surface area (Å²) in [6.07, 6.45) is -4.42. The number of pyridine rings is 1. The molecule has 0 atom stereocenters. The van der Waals surface area contributed by atoms with Gasteiger partial charge >= 0.3 is 6.18 Å². The van der Waals surface area contributed by atoms with E-state index in [1.165, 1.54) is 12.1 Å². The van der Waals surface area contributed by atoms with Gasteiger partial charge in [0.1, 0.15) is 5.82 Å². The summed E-state index contributed by atoms with van der Waals surface area (Å²) in [5.41, 5.74) is 3.51. The highest BCUT2D eigenvalue weighted by atomic mass is 19.4. The Hall–Kier alpha value is -3.41. The molecule has 4 aromatic rings. The number of nitrogens with zero attached hydrogens (tertiary/aromatic N) is 1. The summed E-state index contributed by atoms with van der Waals surface area (Å²) in [5.74, 6) is -0.394. The average Bonchev–Trinajstić information content (AvgIpc) is 2.73. The molecule has 0 radical (unpaired) electrons. The van der Waals surface area contributed by atoms with Crippen molar-refractivity contribution in [1.82, 2.24) is 4.98 Å². The number of alkyl halides is 3. The second-order valence-electron chi connectivity index (χ2n) is 7.32. The van der Waals surface area contributed by atoms with E-state index in [-0.39, 0.29) is 0 Å². The van der Waals surface area contributed by atoms with E-state index in [4.69, 9.17) is 0 Å². The van der Waals surface area contributed by atoms with Crippen LogP contribution in [-0.2, 0) is 6.18 Å². The lowest BCUT2D eigenvalue weighted by atomic mass is 9.98. The van der Waals surface area contributed by atoms with Gasteiger partial charge < -0.3 is 5.32 Å². The van der Waals surface area contributed by atoms with Crippen LogP contribution in [0.3, 0.4) is 0 Å². The standard InChI is InChI=1S/C25H20F4N2/c1-3-30-22-7-5-4-6-19(22)18-10-8-16(13-21(18)26)24-12-15(2)20-14-17(25(27,28)29)9-11-23(20)31-24/h4-14,30H,3H2,1-2H3. The molecule has 0 unspecified atom stereocenters. The van der Waals surface area contributed by atoms with E-state index < -0.39 is 17.6 Å². The monoisotopic (exact) mass is 424 g/mol. The van der Waals surface area contributed by atoms with Crippen molar-refractivity contribution >= 4 is 16.6 Å². The minimum Gasteiger partial charge on any atom is -0.385 e. The highest BCUT2D eigenvalue weighted by molar-refractivity contribution is 5.86. The van der Waals surface area contributed by atoms with Gasteiger partial charge in [-0.3, -0.25) is 0 Å². The molecule has 31 heavy (non-hydrogen) atoms. The third kappa shape index (κ3) is 4.10. The number of fused-ring (bicyclic) bond motifs is 1. The van der Waals surface area contributed by atoms with Crippen molar-refractivity contribution in [3.63, 3.8) is 0 Å². The fraction of sp³-hybridized carbons (Fsp3) is 0.160. The first-order valence-corrected chi connectivity index (χ1v) is 9.89. The highest BCUT2D eigenvalue weighted by Gasteiger charge is 2.30. The Kier molecular flexibility index (Phi) is 5.39. The van der Waals surface area contributed by atoms with Crippen molar-refractivity contribution in [1.29, 1.82) is 0 Å². The number of rotatable bonds is 4. The molecule has 0 amide bonds. The van der Waals surface area contributed by atoms with Crippen molar-refractivity contribution in [2.75, 3.05) is 11.9 Å². The molecule has 0 aliphatic rings. The summed E-state index contributed by atoms with van der Waals surface area (Å²) < 4.78 is 54.1. The van der Waals surface area contributed by atoms with Gasteiger partial charge in [0.05, 0.1) is 16.8 Å². The molecule has 4 rings (SSSR count). The fourth-order valence-electron chi connectivity index (χ4n) is 3.67. The SMILES string of the molecule is CCNc1ccccc1-c1ccc(-c2cc(C)c3cc(C(F)(F)F)ccc3n2)cc1F. The number of hydrogen-bond donors (Lipinski definition) is 1. The molecule has 2 nitrogen and oxygen atoms in total. The molecule has 0 aliphatic heterocycles. The predicted octanol–water partition coefficient (Wildman–Crippen LogP) is 7.47. The van der Waals surface area contributed by atoms with Gasteiger partial charge in [-0.25, -0.2) is 9.37 Å². The van der Waals surface area contributed by atoms with Crippen molar-refractivity contribution in [2.24, 2.45) is 0 Å². The van der Waals surface area contributed by atoms with Crippen molar-refractivity contribution in [2.45, 2.75) is 20.0 Å². The van der Waals surface area contributed by atoms with Crippen molar-refractivity contribution < 1.29 is 17.6 Å². The second kappa shape index (κ2) is 8.02. The summed E-state index contributed by atoms with van der Waals surface area (Å²) in [5, 5.41) is 3.66. The molecule has 0 fully saturated rings.